The molecule has 35 heavy (non-hydrogen) atoms. The summed E-state index contributed by atoms with van der Waals surface area (Å²) in [6.07, 6.45) is 13.5. The maximum atomic E-state index is 13.7. The standard InChI is InChI=1S/C28H38N2O5/c1-20-12-13-23(35-20)19-29-25(31)17-22-18-28(27(33)34-2)15-8-4-7-11-24(28)30(26(22)32)16-14-21-9-5-3-6-10-21/h9,11-13,22H,3-8,10,14-19H2,1-2H3,(H,29,31)/t22-,28+/m1/s1. The van der Waals surface area contributed by atoms with Crippen molar-refractivity contribution >= 4 is 17.8 Å². The number of hydrogen-bond acceptors (Lipinski definition) is 5. The van der Waals surface area contributed by atoms with Crippen molar-refractivity contribution in [1.29, 1.82) is 0 Å². The number of fused-ring (bicyclic) bond motifs is 1. The van der Waals surface area contributed by atoms with Gasteiger partial charge in [-0.25, -0.2) is 0 Å². The highest BCUT2D eigenvalue weighted by molar-refractivity contribution is 5.92. The summed E-state index contributed by atoms with van der Waals surface area (Å²) in [7, 11) is 1.42. The Labute approximate surface area is 207 Å². The van der Waals surface area contributed by atoms with Crippen LogP contribution in [0, 0.1) is 18.3 Å². The van der Waals surface area contributed by atoms with Crippen LogP contribution in [0.5, 0.6) is 0 Å². The SMILES string of the molecule is COC(=O)[C@]12CCCCC=C1N(CCC1=CCCCC1)C(=O)[C@H](CC(=O)NCc1ccc(C)o1)C2. The summed E-state index contributed by atoms with van der Waals surface area (Å²) in [6.45, 7) is 2.67. The maximum Gasteiger partial charge on any atom is 0.317 e. The molecule has 0 spiro atoms. The molecule has 1 aromatic heterocycles. The van der Waals surface area contributed by atoms with Crippen LogP contribution in [0.25, 0.3) is 0 Å². The number of rotatable bonds is 8. The van der Waals surface area contributed by atoms with E-state index in [1.165, 1.54) is 25.5 Å². The Bertz CT molecular complexity index is 1010. The minimum Gasteiger partial charge on any atom is -0.468 e. The zero-order chi connectivity index (χ0) is 24.8. The van der Waals surface area contributed by atoms with Crippen molar-refractivity contribution in [2.75, 3.05) is 13.7 Å². The molecule has 0 unspecified atom stereocenters. The molecule has 2 heterocycles. The molecule has 1 fully saturated rings. The van der Waals surface area contributed by atoms with E-state index in [9.17, 15) is 14.4 Å². The second-order valence-corrected chi connectivity index (χ2v) is 10.2. The molecule has 1 aromatic rings. The van der Waals surface area contributed by atoms with Crippen LogP contribution in [0.3, 0.4) is 0 Å². The lowest BCUT2D eigenvalue weighted by molar-refractivity contribution is -0.159. The molecule has 4 rings (SSSR count). The summed E-state index contributed by atoms with van der Waals surface area (Å²) in [5.74, 6) is 0.326. The van der Waals surface area contributed by atoms with E-state index in [2.05, 4.69) is 17.5 Å². The van der Waals surface area contributed by atoms with Gasteiger partial charge in [0.25, 0.3) is 0 Å². The average molecular weight is 483 g/mol. The number of carbonyl (C=O) groups excluding carboxylic acids is 3. The van der Waals surface area contributed by atoms with Crippen LogP contribution < -0.4 is 5.32 Å². The third-order valence-electron chi connectivity index (χ3n) is 7.69. The molecule has 1 saturated heterocycles. The number of methoxy groups -OCH3 is 1. The van der Waals surface area contributed by atoms with Gasteiger partial charge in [-0.3, -0.25) is 14.4 Å². The minimum absolute atomic E-state index is 0.0454. The first-order valence-electron chi connectivity index (χ1n) is 13.0. The molecule has 2 atom stereocenters. The van der Waals surface area contributed by atoms with E-state index in [-0.39, 0.29) is 30.7 Å². The van der Waals surface area contributed by atoms with Gasteiger partial charge in [-0.15, -0.1) is 0 Å². The number of allylic oxidation sites excluding steroid dienone is 2. The average Bonchev–Trinajstić information content (AvgIpc) is 3.16. The van der Waals surface area contributed by atoms with Gasteiger partial charge in [0.05, 0.1) is 13.7 Å². The van der Waals surface area contributed by atoms with Gasteiger partial charge in [-0.2, -0.15) is 0 Å². The van der Waals surface area contributed by atoms with Crippen LogP contribution in [0.1, 0.15) is 82.1 Å². The van der Waals surface area contributed by atoms with Crippen LogP contribution in [-0.2, 0) is 25.7 Å². The first-order valence-corrected chi connectivity index (χ1v) is 13.0. The lowest BCUT2D eigenvalue weighted by Gasteiger charge is -2.46. The van der Waals surface area contributed by atoms with E-state index >= 15 is 0 Å². The van der Waals surface area contributed by atoms with E-state index in [1.807, 2.05) is 24.0 Å². The topological polar surface area (TPSA) is 88.8 Å². The molecule has 1 N–H and O–H groups in total. The molecule has 190 valence electrons. The number of amides is 2. The van der Waals surface area contributed by atoms with Gasteiger partial charge in [-0.05, 0) is 76.8 Å². The number of likely N-dealkylation sites (tertiary alicyclic amines) is 1. The Hall–Kier alpha value is -2.83. The molecule has 2 amide bonds. The molecule has 2 aliphatic carbocycles. The molecule has 7 heteroatoms. The number of ether oxygens (including phenoxy) is 1. The van der Waals surface area contributed by atoms with Crippen molar-refractivity contribution in [3.05, 3.63) is 47.1 Å². The van der Waals surface area contributed by atoms with Crippen molar-refractivity contribution in [3.8, 4) is 0 Å². The lowest BCUT2D eigenvalue weighted by atomic mass is 9.69. The molecule has 0 radical (unpaired) electrons. The third-order valence-corrected chi connectivity index (χ3v) is 7.69. The Balaban J connectivity index is 1.55. The minimum atomic E-state index is -0.872. The number of carbonyl (C=O) groups is 3. The van der Waals surface area contributed by atoms with E-state index in [0.717, 1.165) is 50.0 Å². The van der Waals surface area contributed by atoms with Crippen molar-refractivity contribution in [2.45, 2.75) is 84.1 Å². The van der Waals surface area contributed by atoms with Crippen LogP contribution in [0.15, 0.2) is 40.0 Å². The van der Waals surface area contributed by atoms with Crippen molar-refractivity contribution in [3.63, 3.8) is 0 Å². The van der Waals surface area contributed by atoms with Crippen LogP contribution in [0.2, 0.25) is 0 Å². The first kappa shape index (κ1) is 25.3. The highest BCUT2D eigenvalue weighted by atomic mass is 16.5. The Morgan fingerprint density at radius 2 is 1.97 bits per heavy atom. The molecule has 1 aliphatic heterocycles. The van der Waals surface area contributed by atoms with E-state index in [1.54, 1.807) is 0 Å². The summed E-state index contributed by atoms with van der Waals surface area (Å²) in [4.78, 5) is 41.7. The molecule has 0 aromatic carbocycles. The number of furan rings is 1. The number of piperidine rings is 1. The zero-order valence-corrected chi connectivity index (χ0v) is 21.1. The fourth-order valence-electron chi connectivity index (χ4n) is 5.88. The first-order chi connectivity index (χ1) is 16.9. The second-order valence-electron chi connectivity index (χ2n) is 10.2. The zero-order valence-electron chi connectivity index (χ0n) is 21.1. The maximum absolute atomic E-state index is 13.7. The van der Waals surface area contributed by atoms with Crippen LogP contribution >= 0.6 is 0 Å². The van der Waals surface area contributed by atoms with Gasteiger partial charge < -0.3 is 19.4 Å². The number of esters is 1. The summed E-state index contributed by atoms with van der Waals surface area (Å²) in [6, 6.07) is 3.68. The van der Waals surface area contributed by atoms with E-state index in [0.29, 0.717) is 25.1 Å². The Morgan fingerprint density at radius 3 is 2.69 bits per heavy atom. The van der Waals surface area contributed by atoms with Crippen LogP contribution in [0.4, 0.5) is 0 Å². The molecular formula is C28H38N2O5. The van der Waals surface area contributed by atoms with Gasteiger partial charge in [-0.1, -0.05) is 24.1 Å². The molecule has 3 aliphatic rings. The molecular weight excluding hydrogens is 444 g/mol. The van der Waals surface area contributed by atoms with E-state index in [4.69, 9.17) is 9.15 Å². The van der Waals surface area contributed by atoms with Crippen LogP contribution in [-0.4, -0.2) is 36.3 Å². The normalized spacial score (nSPS) is 24.7. The predicted molar refractivity (Wildman–Crippen MR) is 132 cm³/mol. The van der Waals surface area contributed by atoms with Gasteiger partial charge in [0.2, 0.25) is 11.8 Å². The van der Waals surface area contributed by atoms with Gasteiger partial charge >= 0.3 is 5.97 Å². The number of nitrogens with zero attached hydrogens (tertiary/aromatic N) is 1. The summed E-state index contributed by atoms with van der Waals surface area (Å²) < 4.78 is 10.8. The summed E-state index contributed by atoms with van der Waals surface area (Å²) in [5.41, 5.74) is 1.31. The monoisotopic (exact) mass is 482 g/mol. The largest absolute Gasteiger partial charge is 0.468 e. The highest BCUT2D eigenvalue weighted by Crippen LogP contribution is 2.49. The lowest BCUT2D eigenvalue weighted by Crippen LogP contribution is -2.53. The fraction of sp³-hybridized carbons (Fsp3) is 0.607. The smallest absolute Gasteiger partial charge is 0.317 e. The highest BCUT2D eigenvalue weighted by Gasteiger charge is 2.53. The summed E-state index contributed by atoms with van der Waals surface area (Å²) in [5, 5.41) is 2.88. The number of aryl methyl sites for hydroxylation is 1. The predicted octanol–water partition coefficient (Wildman–Crippen LogP) is 4.95. The second kappa shape index (κ2) is 11.3. The number of nitrogens with one attached hydrogen (secondary N) is 1. The number of hydrogen-bond donors (Lipinski definition) is 1. The Kier molecular flexibility index (Phi) is 8.14. The Morgan fingerprint density at radius 1 is 1.17 bits per heavy atom. The van der Waals surface area contributed by atoms with Crippen molar-refractivity contribution in [1.82, 2.24) is 10.2 Å². The fourth-order valence-corrected chi connectivity index (χ4v) is 5.88. The molecule has 0 bridgehead atoms. The molecule has 7 nitrogen and oxygen atoms in total. The summed E-state index contributed by atoms with van der Waals surface area (Å²) >= 11 is 0. The van der Waals surface area contributed by atoms with Crippen molar-refractivity contribution in [2.24, 2.45) is 11.3 Å². The van der Waals surface area contributed by atoms with Gasteiger partial charge in [0.1, 0.15) is 16.9 Å². The molecule has 0 saturated carbocycles. The third kappa shape index (κ3) is 5.71. The van der Waals surface area contributed by atoms with E-state index < -0.39 is 11.3 Å². The van der Waals surface area contributed by atoms with Gasteiger partial charge in [0.15, 0.2) is 0 Å². The van der Waals surface area contributed by atoms with Crippen molar-refractivity contribution < 1.29 is 23.5 Å². The quantitative estimate of drug-likeness (QED) is 0.418. The van der Waals surface area contributed by atoms with Gasteiger partial charge in [0, 0.05) is 24.6 Å².